The highest BCUT2D eigenvalue weighted by Crippen LogP contribution is 2.30. The molecule has 0 aliphatic carbocycles. The van der Waals surface area contributed by atoms with Crippen molar-refractivity contribution in [2.24, 2.45) is 5.73 Å². The zero-order chi connectivity index (χ0) is 18.8. The monoisotopic (exact) mass is 438 g/mol. The van der Waals surface area contributed by atoms with Crippen molar-refractivity contribution in [3.63, 3.8) is 0 Å². The van der Waals surface area contributed by atoms with Gasteiger partial charge in [0.2, 0.25) is 0 Å². The molecule has 0 aliphatic heterocycles. The molecule has 7 nitrogen and oxygen atoms in total. The molecule has 146 valence electrons. The number of hydrogen-bond donors (Lipinski definition) is 1. The maximum Gasteiger partial charge on any atom is 0.346 e. The van der Waals surface area contributed by atoms with Gasteiger partial charge in [0, 0.05) is 28.1 Å². The van der Waals surface area contributed by atoms with Crippen molar-refractivity contribution in [1.82, 2.24) is 24.3 Å². The highest BCUT2D eigenvalue weighted by atomic mass is 35.5. The smallest absolute Gasteiger partial charge is 0.327 e. The van der Waals surface area contributed by atoms with Crippen molar-refractivity contribution < 1.29 is 4.39 Å². The molecule has 0 radical (unpaired) electrons. The molecule has 0 aromatic carbocycles. The summed E-state index contributed by atoms with van der Waals surface area (Å²) in [5.74, 6) is 0. The molecule has 4 aromatic rings. The second-order valence-corrected chi connectivity index (χ2v) is 7.84. The van der Waals surface area contributed by atoms with Crippen molar-refractivity contribution >= 4 is 45.4 Å². The number of rotatable bonds is 6. The van der Waals surface area contributed by atoms with Gasteiger partial charge in [0.25, 0.3) is 0 Å². The fourth-order valence-corrected chi connectivity index (χ4v) is 4.20. The van der Waals surface area contributed by atoms with Gasteiger partial charge in [-0.3, -0.25) is 4.57 Å². The van der Waals surface area contributed by atoms with Gasteiger partial charge < -0.3 is 5.73 Å². The summed E-state index contributed by atoms with van der Waals surface area (Å²) in [5, 5.41) is 4.03. The molecular weight excluding hydrogens is 423 g/mol. The first kappa shape index (κ1) is 20.3. The normalized spacial score (nSPS) is 11.7. The molecule has 0 saturated heterocycles. The van der Waals surface area contributed by atoms with Crippen LogP contribution in [0.15, 0.2) is 52.9 Å². The molecule has 4 aromatic heterocycles. The Balaban J connectivity index is 0.00000225. The summed E-state index contributed by atoms with van der Waals surface area (Å²) in [7, 11) is 0. The number of thiazole rings is 1. The molecule has 11 heteroatoms. The van der Waals surface area contributed by atoms with Crippen LogP contribution in [0.4, 0.5) is 4.39 Å². The minimum atomic E-state index is -0.302. The van der Waals surface area contributed by atoms with Crippen LogP contribution in [0.2, 0.25) is 0 Å². The predicted molar refractivity (Wildman–Crippen MR) is 112 cm³/mol. The fourth-order valence-electron chi connectivity index (χ4n) is 2.60. The van der Waals surface area contributed by atoms with Gasteiger partial charge >= 0.3 is 5.69 Å². The third kappa shape index (κ3) is 4.04. The number of fused-ring (bicyclic) bond motifs is 1. The molecule has 0 fully saturated rings. The SMILES string of the molecule is Cl.NC/C(=C\F)Cn1ncn(Cc2ccc(-c3cnc4scnc4c3)s2)c1=O. The number of halogens is 2. The Labute approximate surface area is 173 Å². The molecule has 2 N–H and O–H groups in total. The highest BCUT2D eigenvalue weighted by Gasteiger charge is 2.10. The van der Waals surface area contributed by atoms with E-state index in [-0.39, 0.29) is 31.2 Å². The maximum atomic E-state index is 12.7. The molecule has 0 unspecified atom stereocenters. The second-order valence-electron chi connectivity index (χ2n) is 5.84. The van der Waals surface area contributed by atoms with Gasteiger partial charge in [0.1, 0.15) is 16.7 Å². The van der Waals surface area contributed by atoms with Crippen LogP contribution in [0.3, 0.4) is 0 Å². The third-order valence-electron chi connectivity index (χ3n) is 4.03. The summed E-state index contributed by atoms with van der Waals surface area (Å²) in [6.07, 6.45) is 3.71. The molecule has 4 heterocycles. The Morgan fingerprint density at radius 3 is 2.96 bits per heavy atom. The quantitative estimate of drug-likeness (QED) is 0.499. The summed E-state index contributed by atoms with van der Waals surface area (Å²) >= 11 is 3.09. The third-order valence-corrected chi connectivity index (χ3v) is 5.89. The van der Waals surface area contributed by atoms with Gasteiger partial charge in [-0.2, -0.15) is 5.10 Å². The number of thiophene rings is 1. The van der Waals surface area contributed by atoms with Crippen molar-refractivity contribution in [2.75, 3.05) is 6.54 Å². The van der Waals surface area contributed by atoms with E-state index in [4.69, 9.17) is 5.73 Å². The van der Waals surface area contributed by atoms with Crippen molar-refractivity contribution in [3.8, 4) is 10.4 Å². The minimum Gasteiger partial charge on any atom is -0.327 e. The van der Waals surface area contributed by atoms with Crippen LogP contribution in [0.5, 0.6) is 0 Å². The zero-order valence-electron chi connectivity index (χ0n) is 14.5. The topological polar surface area (TPSA) is 91.6 Å². The lowest BCUT2D eigenvalue weighted by molar-refractivity contribution is 0.604. The van der Waals surface area contributed by atoms with E-state index in [0.29, 0.717) is 18.4 Å². The first-order valence-corrected chi connectivity index (χ1v) is 9.76. The highest BCUT2D eigenvalue weighted by molar-refractivity contribution is 7.16. The van der Waals surface area contributed by atoms with Crippen LogP contribution in [0, 0.1) is 0 Å². The second kappa shape index (κ2) is 8.74. The average molecular weight is 439 g/mol. The van der Waals surface area contributed by atoms with Gasteiger partial charge in [0.15, 0.2) is 0 Å². The fraction of sp³-hybridized carbons (Fsp3) is 0.176. The Morgan fingerprint density at radius 1 is 1.32 bits per heavy atom. The van der Waals surface area contributed by atoms with Crippen LogP contribution in [0.1, 0.15) is 4.88 Å². The molecule has 28 heavy (non-hydrogen) atoms. The summed E-state index contributed by atoms with van der Waals surface area (Å²) in [5.41, 5.74) is 9.09. The standard InChI is InChI=1S/C17H15FN6OS2.ClH/c18-4-11(5-19)7-24-17(25)23(9-22-24)8-13-1-2-15(27-13)12-3-14-16(20-6-12)26-10-21-14;/h1-4,6,9-10H,5,7-8,19H2;1H/b11-4+;. The number of nitrogens with zero attached hydrogens (tertiary/aromatic N) is 5. The van der Waals surface area contributed by atoms with Gasteiger partial charge in [-0.1, -0.05) is 0 Å². The number of hydrogen-bond acceptors (Lipinski definition) is 7. The Hall–Kier alpha value is -2.40. The number of pyridine rings is 1. The minimum absolute atomic E-state index is 0. The summed E-state index contributed by atoms with van der Waals surface area (Å²) in [6.45, 7) is 0.489. The first-order valence-electron chi connectivity index (χ1n) is 8.06. The summed E-state index contributed by atoms with van der Waals surface area (Å²) < 4.78 is 15.4. The lowest BCUT2D eigenvalue weighted by Gasteiger charge is -2.01. The van der Waals surface area contributed by atoms with E-state index in [0.717, 1.165) is 25.7 Å². The van der Waals surface area contributed by atoms with E-state index < -0.39 is 0 Å². The molecule has 0 atom stereocenters. The maximum absolute atomic E-state index is 12.7. The first-order chi connectivity index (χ1) is 13.2. The van der Waals surface area contributed by atoms with E-state index >= 15 is 0 Å². The number of aromatic nitrogens is 5. The molecule has 4 rings (SSSR count). The van der Waals surface area contributed by atoms with Crippen molar-refractivity contribution in [3.05, 3.63) is 63.5 Å². The summed E-state index contributed by atoms with van der Waals surface area (Å²) in [6, 6.07) is 5.99. The van der Waals surface area contributed by atoms with Crippen LogP contribution < -0.4 is 11.4 Å². The Morgan fingerprint density at radius 2 is 2.18 bits per heavy atom. The molecule has 0 amide bonds. The zero-order valence-corrected chi connectivity index (χ0v) is 16.9. The van der Waals surface area contributed by atoms with E-state index in [9.17, 15) is 9.18 Å². The lowest BCUT2D eigenvalue weighted by Crippen LogP contribution is -2.26. The van der Waals surface area contributed by atoms with Crippen LogP contribution >= 0.6 is 35.1 Å². The Kier molecular flexibility index (Phi) is 6.35. The van der Waals surface area contributed by atoms with Gasteiger partial charge in [-0.05, 0) is 23.8 Å². The van der Waals surface area contributed by atoms with E-state index in [1.807, 2.05) is 24.4 Å². The van der Waals surface area contributed by atoms with Crippen molar-refractivity contribution in [2.45, 2.75) is 13.1 Å². The van der Waals surface area contributed by atoms with E-state index in [1.165, 1.54) is 26.9 Å². The Bertz CT molecular complexity index is 1180. The van der Waals surface area contributed by atoms with Crippen molar-refractivity contribution in [1.29, 1.82) is 0 Å². The molecule has 0 bridgehead atoms. The van der Waals surface area contributed by atoms with Crippen LogP contribution in [-0.4, -0.2) is 30.9 Å². The van der Waals surface area contributed by atoms with Crippen LogP contribution in [-0.2, 0) is 13.1 Å². The molecule has 0 spiro atoms. The summed E-state index contributed by atoms with van der Waals surface area (Å²) in [4.78, 5) is 24.1. The molecule has 0 saturated carbocycles. The average Bonchev–Trinajstić information content (AvgIpc) is 3.41. The van der Waals surface area contributed by atoms with Gasteiger partial charge in [-0.15, -0.1) is 35.1 Å². The van der Waals surface area contributed by atoms with E-state index in [2.05, 4.69) is 15.1 Å². The predicted octanol–water partition coefficient (Wildman–Crippen LogP) is 3.06. The largest absolute Gasteiger partial charge is 0.346 e. The lowest BCUT2D eigenvalue weighted by atomic mass is 10.2. The molecular formula is C17H16ClFN6OS2. The van der Waals surface area contributed by atoms with E-state index in [1.54, 1.807) is 16.8 Å². The van der Waals surface area contributed by atoms with Gasteiger partial charge in [0.05, 0.1) is 24.9 Å². The van der Waals surface area contributed by atoms with Gasteiger partial charge in [-0.25, -0.2) is 23.8 Å². The molecule has 0 aliphatic rings. The number of nitrogens with two attached hydrogens (primary N) is 1. The van der Waals surface area contributed by atoms with Crippen LogP contribution in [0.25, 0.3) is 20.8 Å².